The number of carbonyl (C=O) groups excluding carboxylic acids is 1. The van der Waals surface area contributed by atoms with Gasteiger partial charge in [0.05, 0.1) is 12.3 Å². The maximum atomic E-state index is 11.8. The summed E-state index contributed by atoms with van der Waals surface area (Å²) in [5.41, 5.74) is 1.91. The van der Waals surface area contributed by atoms with Crippen molar-refractivity contribution in [2.75, 3.05) is 6.61 Å². The highest BCUT2D eigenvalue weighted by molar-refractivity contribution is 14.1. The maximum absolute atomic E-state index is 11.8. The van der Waals surface area contributed by atoms with E-state index in [-0.39, 0.29) is 5.97 Å². The number of pyridine rings is 1. The third kappa shape index (κ3) is 5.49. The predicted molar refractivity (Wildman–Crippen MR) is 98.3 cm³/mol. The second kappa shape index (κ2) is 8.86. The second-order valence-corrected chi connectivity index (χ2v) is 6.41. The van der Waals surface area contributed by atoms with E-state index in [0.717, 1.165) is 27.7 Å². The molecule has 1 aromatic carbocycles. The molecule has 0 aliphatic carbocycles. The molecule has 0 bridgehead atoms. The molecular weight excluding hydrogens is 405 g/mol. The zero-order valence-electron chi connectivity index (χ0n) is 13.3. The van der Waals surface area contributed by atoms with Crippen LogP contribution < -0.4 is 4.74 Å². The highest BCUT2D eigenvalue weighted by atomic mass is 127. The molecule has 0 saturated carbocycles. The molecule has 0 spiro atoms. The van der Waals surface area contributed by atoms with E-state index < -0.39 is 6.10 Å². The molecule has 2 rings (SSSR count). The lowest BCUT2D eigenvalue weighted by Crippen LogP contribution is -2.26. The largest absolute Gasteiger partial charge is 0.479 e. The summed E-state index contributed by atoms with van der Waals surface area (Å²) >= 11 is 2.23. The van der Waals surface area contributed by atoms with Gasteiger partial charge in [0.2, 0.25) is 0 Å². The summed E-state index contributed by atoms with van der Waals surface area (Å²) in [5, 5.41) is 0. The van der Waals surface area contributed by atoms with Gasteiger partial charge in [0, 0.05) is 15.3 Å². The third-order valence-corrected chi connectivity index (χ3v) is 3.90. The van der Waals surface area contributed by atoms with E-state index in [1.807, 2.05) is 42.6 Å². The standard InChI is InChI=1S/C18H20INO3/c1-3-4-11-22-18(21)13(2)23-16-8-5-14(6-9-16)17-10-7-15(19)12-20-17/h5-10,12-13H,3-4,11H2,1-2H3. The Morgan fingerprint density at radius 3 is 2.57 bits per heavy atom. The minimum absolute atomic E-state index is 0.332. The topological polar surface area (TPSA) is 48.4 Å². The van der Waals surface area contributed by atoms with Gasteiger partial charge in [-0.2, -0.15) is 0 Å². The molecule has 4 nitrogen and oxygen atoms in total. The number of nitrogens with zero attached hydrogens (tertiary/aromatic N) is 1. The highest BCUT2D eigenvalue weighted by Crippen LogP contribution is 2.22. The lowest BCUT2D eigenvalue weighted by molar-refractivity contribution is -0.151. The summed E-state index contributed by atoms with van der Waals surface area (Å²) in [5.74, 6) is 0.307. The van der Waals surface area contributed by atoms with Crippen LogP contribution in [0.25, 0.3) is 11.3 Å². The first-order chi connectivity index (χ1) is 11.1. The monoisotopic (exact) mass is 425 g/mol. The molecule has 0 aliphatic rings. The Hall–Kier alpha value is -1.63. The maximum Gasteiger partial charge on any atom is 0.347 e. The number of rotatable bonds is 7. The van der Waals surface area contributed by atoms with E-state index in [1.165, 1.54) is 0 Å². The van der Waals surface area contributed by atoms with E-state index in [4.69, 9.17) is 9.47 Å². The van der Waals surface area contributed by atoms with E-state index >= 15 is 0 Å². The summed E-state index contributed by atoms with van der Waals surface area (Å²) in [6.45, 7) is 4.20. The van der Waals surface area contributed by atoms with Crippen LogP contribution in [0.5, 0.6) is 5.75 Å². The van der Waals surface area contributed by atoms with Crippen molar-refractivity contribution < 1.29 is 14.3 Å². The van der Waals surface area contributed by atoms with Gasteiger partial charge in [-0.25, -0.2) is 4.79 Å². The first-order valence-corrected chi connectivity index (χ1v) is 8.73. The minimum Gasteiger partial charge on any atom is -0.479 e. The van der Waals surface area contributed by atoms with Gasteiger partial charge in [0.25, 0.3) is 0 Å². The lowest BCUT2D eigenvalue weighted by Gasteiger charge is -2.14. The molecule has 0 radical (unpaired) electrons. The van der Waals surface area contributed by atoms with Crippen molar-refractivity contribution in [3.63, 3.8) is 0 Å². The summed E-state index contributed by atoms with van der Waals surface area (Å²) in [7, 11) is 0. The molecule has 122 valence electrons. The van der Waals surface area contributed by atoms with Crippen LogP contribution in [0.4, 0.5) is 0 Å². The number of benzene rings is 1. The first-order valence-electron chi connectivity index (χ1n) is 7.65. The van der Waals surface area contributed by atoms with Crippen molar-refractivity contribution in [2.45, 2.75) is 32.8 Å². The van der Waals surface area contributed by atoms with Crippen LogP contribution in [-0.4, -0.2) is 23.7 Å². The summed E-state index contributed by atoms with van der Waals surface area (Å²) in [4.78, 5) is 16.2. The minimum atomic E-state index is -0.617. The molecule has 2 aromatic rings. The van der Waals surface area contributed by atoms with Crippen molar-refractivity contribution in [3.8, 4) is 17.0 Å². The fraction of sp³-hybridized carbons (Fsp3) is 0.333. The molecule has 0 N–H and O–H groups in total. The van der Waals surface area contributed by atoms with E-state index in [9.17, 15) is 4.79 Å². The highest BCUT2D eigenvalue weighted by Gasteiger charge is 2.16. The van der Waals surface area contributed by atoms with Crippen LogP contribution >= 0.6 is 22.6 Å². The Bertz CT molecular complexity index is 626. The summed E-state index contributed by atoms with van der Waals surface area (Å²) in [6.07, 6.45) is 3.08. The van der Waals surface area contributed by atoms with Gasteiger partial charge in [-0.1, -0.05) is 13.3 Å². The fourth-order valence-electron chi connectivity index (χ4n) is 1.94. The van der Waals surface area contributed by atoms with E-state index in [2.05, 4.69) is 34.5 Å². The normalized spacial score (nSPS) is 11.8. The van der Waals surface area contributed by atoms with Crippen molar-refractivity contribution >= 4 is 28.6 Å². The number of ether oxygens (including phenoxy) is 2. The van der Waals surface area contributed by atoms with E-state index in [0.29, 0.717) is 12.4 Å². The SMILES string of the molecule is CCCCOC(=O)C(C)Oc1ccc(-c2ccc(I)cn2)cc1. The number of halogens is 1. The average Bonchev–Trinajstić information content (AvgIpc) is 2.56. The Labute approximate surface area is 150 Å². The Morgan fingerprint density at radius 2 is 1.96 bits per heavy atom. The van der Waals surface area contributed by atoms with Crippen LogP contribution in [0.15, 0.2) is 42.6 Å². The summed E-state index contributed by atoms with van der Waals surface area (Å²) < 4.78 is 11.9. The van der Waals surface area contributed by atoms with Crippen molar-refractivity contribution in [3.05, 3.63) is 46.2 Å². The Morgan fingerprint density at radius 1 is 1.22 bits per heavy atom. The van der Waals surface area contributed by atoms with Crippen molar-refractivity contribution in [1.29, 1.82) is 0 Å². The molecule has 5 heteroatoms. The zero-order valence-corrected chi connectivity index (χ0v) is 15.4. The number of aromatic nitrogens is 1. The molecule has 0 amide bonds. The fourth-order valence-corrected chi connectivity index (χ4v) is 2.26. The number of hydrogen-bond donors (Lipinski definition) is 0. The summed E-state index contributed by atoms with van der Waals surface area (Å²) in [6, 6.07) is 11.5. The quantitative estimate of drug-likeness (QED) is 0.373. The average molecular weight is 425 g/mol. The van der Waals surface area contributed by atoms with Gasteiger partial charge in [-0.15, -0.1) is 0 Å². The Balaban J connectivity index is 1.94. The van der Waals surface area contributed by atoms with Crippen LogP contribution in [0, 0.1) is 3.57 Å². The Kier molecular flexibility index (Phi) is 6.83. The van der Waals surface area contributed by atoms with Gasteiger partial charge in [-0.05, 0) is 72.3 Å². The lowest BCUT2D eigenvalue weighted by atomic mass is 10.1. The third-order valence-electron chi connectivity index (χ3n) is 3.26. The first kappa shape index (κ1) is 17.7. The van der Waals surface area contributed by atoms with Gasteiger partial charge in [0.15, 0.2) is 6.10 Å². The van der Waals surface area contributed by atoms with Gasteiger partial charge in [0.1, 0.15) is 5.75 Å². The molecule has 23 heavy (non-hydrogen) atoms. The van der Waals surface area contributed by atoms with E-state index in [1.54, 1.807) is 6.92 Å². The zero-order chi connectivity index (χ0) is 16.7. The molecule has 1 unspecified atom stereocenters. The van der Waals surface area contributed by atoms with Gasteiger partial charge in [-0.3, -0.25) is 4.98 Å². The van der Waals surface area contributed by atoms with Crippen molar-refractivity contribution in [2.24, 2.45) is 0 Å². The molecule has 0 aliphatic heterocycles. The predicted octanol–water partition coefficient (Wildman–Crippen LogP) is 4.46. The van der Waals surface area contributed by atoms with Gasteiger partial charge >= 0.3 is 5.97 Å². The van der Waals surface area contributed by atoms with Crippen molar-refractivity contribution in [1.82, 2.24) is 4.98 Å². The molecule has 0 fully saturated rings. The number of esters is 1. The van der Waals surface area contributed by atoms with Gasteiger partial charge < -0.3 is 9.47 Å². The second-order valence-electron chi connectivity index (χ2n) is 5.17. The molecule has 1 atom stereocenters. The van der Waals surface area contributed by atoms with Crippen LogP contribution in [0.3, 0.4) is 0 Å². The molecule has 1 heterocycles. The van der Waals surface area contributed by atoms with Crippen LogP contribution in [0.1, 0.15) is 26.7 Å². The molecular formula is C18H20INO3. The molecule has 1 aromatic heterocycles. The number of carbonyl (C=O) groups is 1. The number of hydrogen-bond acceptors (Lipinski definition) is 4. The molecule has 0 saturated heterocycles. The van der Waals surface area contributed by atoms with Crippen LogP contribution in [0.2, 0.25) is 0 Å². The smallest absolute Gasteiger partial charge is 0.347 e. The number of unbranched alkanes of at least 4 members (excludes halogenated alkanes) is 1. The van der Waals surface area contributed by atoms with Crippen LogP contribution in [-0.2, 0) is 9.53 Å².